The summed E-state index contributed by atoms with van der Waals surface area (Å²) in [6.45, 7) is 2.19. The molecule has 0 spiro atoms. The molecule has 1 aromatic rings. The Bertz CT molecular complexity index is 613. The van der Waals surface area contributed by atoms with Gasteiger partial charge in [-0.05, 0) is 36.8 Å². The van der Waals surface area contributed by atoms with Crippen LogP contribution in [0.5, 0.6) is 0 Å². The normalized spacial score (nSPS) is 26.6. The maximum Gasteiger partial charge on any atom is 0.238 e. The Labute approximate surface area is 163 Å². The number of anilines is 1. The summed E-state index contributed by atoms with van der Waals surface area (Å²) in [7, 11) is 0. The Morgan fingerprint density at radius 3 is 2.58 bits per heavy atom. The zero-order chi connectivity index (χ0) is 16.6. The summed E-state index contributed by atoms with van der Waals surface area (Å²) in [5, 5.41) is 3.92. The van der Waals surface area contributed by atoms with Gasteiger partial charge in [0.25, 0.3) is 0 Å². The minimum absolute atomic E-state index is 0. The molecule has 1 aliphatic heterocycles. The summed E-state index contributed by atoms with van der Waals surface area (Å²) in [6, 6.07) is 3.38. The minimum Gasteiger partial charge on any atom is -0.327 e. The van der Waals surface area contributed by atoms with Crippen LogP contribution in [-0.4, -0.2) is 36.5 Å². The van der Waals surface area contributed by atoms with Crippen molar-refractivity contribution in [3.8, 4) is 0 Å². The quantitative estimate of drug-likeness (QED) is 0.735. The average Bonchev–Trinajstić information content (AvgIpc) is 2.88. The molecule has 3 unspecified atom stereocenters. The van der Waals surface area contributed by atoms with E-state index in [0.29, 0.717) is 39.1 Å². The Morgan fingerprint density at radius 2 is 1.88 bits per heavy atom. The molecule has 1 amide bonds. The van der Waals surface area contributed by atoms with Crippen LogP contribution >= 0.6 is 47.2 Å². The van der Waals surface area contributed by atoms with E-state index in [1.165, 1.54) is 18.9 Å². The highest BCUT2D eigenvalue weighted by Crippen LogP contribution is 2.35. The predicted octanol–water partition coefficient (Wildman–Crippen LogP) is 4.07. The molecule has 134 valence electrons. The summed E-state index contributed by atoms with van der Waals surface area (Å²) < 4.78 is 0. The van der Waals surface area contributed by atoms with Gasteiger partial charge >= 0.3 is 0 Å². The molecule has 0 bridgehead atoms. The van der Waals surface area contributed by atoms with E-state index in [1.54, 1.807) is 6.07 Å². The lowest BCUT2D eigenvalue weighted by molar-refractivity contribution is -0.117. The first kappa shape index (κ1) is 20.1. The Balaban J connectivity index is 0.00000208. The third-order valence-corrected chi connectivity index (χ3v) is 5.92. The Kier molecular flexibility index (Phi) is 7.06. The highest BCUT2D eigenvalue weighted by molar-refractivity contribution is 6.44. The van der Waals surface area contributed by atoms with Crippen molar-refractivity contribution in [2.45, 2.75) is 25.3 Å². The number of hydrogen-bond acceptors (Lipinski definition) is 3. The van der Waals surface area contributed by atoms with E-state index in [0.717, 1.165) is 19.5 Å². The Hall–Kier alpha value is -0.230. The SMILES string of the molecule is Cl.NC1CCCC2CN(CC(=O)Nc3cc(Cl)c(Cl)cc3Cl)CC12. The minimum atomic E-state index is -0.0995. The molecule has 1 aromatic carbocycles. The van der Waals surface area contributed by atoms with Crippen molar-refractivity contribution < 1.29 is 4.79 Å². The number of nitrogens with one attached hydrogen (secondary N) is 1. The first-order chi connectivity index (χ1) is 10.9. The van der Waals surface area contributed by atoms with Gasteiger partial charge in [-0.2, -0.15) is 0 Å². The van der Waals surface area contributed by atoms with Crippen molar-refractivity contribution >= 4 is 58.8 Å². The second-order valence-electron chi connectivity index (χ2n) is 6.51. The highest BCUT2D eigenvalue weighted by Gasteiger charge is 2.39. The van der Waals surface area contributed by atoms with Gasteiger partial charge in [0.2, 0.25) is 5.91 Å². The lowest BCUT2D eigenvalue weighted by Gasteiger charge is -2.29. The van der Waals surface area contributed by atoms with Crippen molar-refractivity contribution in [3.05, 3.63) is 27.2 Å². The van der Waals surface area contributed by atoms with Gasteiger partial charge in [0.1, 0.15) is 0 Å². The van der Waals surface area contributed by atoms with Crippen molar-refractivity contribution in [3.63, 3.8) is 0 Å². The van der Waals surface area contributed by atoms with Crippen LogP contribution in [0.15, 0.2) is 12.1 Å². The number of hydrogen-bond donors (Lipinski definition) is 2. The number of halogens is 4. The van der Waals surface area contributed by atoms with Gasteiger partial charge in [-0.25, -0.2) is 0 Å². The zero-order valence-electron chi connectivity index (χ0n) is 13.1. The third-order valence-electron chi connectivity index (χ3n) is 4.88. The molecule has 1 aliphatic carbocycles. The summed E-state index contributed by atoms with van der Waals surface area (Å²) in [5.74, 6) is 1.04. The molecule has 3 N–H and O–H groups in total. The molecule has 3 atom stereocenters. The van der Waals surface area contributed by atoms with Gasteiger partial charge in [0.15, 0.2) is 0 Å². The fourth-order valence-electron chi connectivity index (χ4n) is 3.75. The molecule has 2 fully saturated rings. The number of fused-ring (bicyclic) bond motifs is 1. The summed E-state index contributed by atoms with van der Waals surface area (Å²) in [5.41, 5.74) is 6.70. The highest BCUT2D eigenvalue weighted by atomic mass is 35.5. The fraction of sp³-hybridized carbons (Fsp3) is 0.562. The van der Waals surface area contributed by atoms with Crippen LogP contribution in [0.25, 0.3) is 0 Å². The van der Waals surface area contributed by atoms with Gasteiger partial charge in [-0.15, -0.1) is 12.4 Å². The van der Waals surface area contributed by atoms with Gasteiger partial charge in [-0.3, -0.25) is 9.69 Å². The first-order valence-corrected chi connectivity index (χ1v) is 8.99. The average molecular weight is 413 g/mol. The number of nitrogens with zero attached hydrogens (tertiary/aromatic N) is 1. The second kappa shape index (κ2) is 8.43. The van der Waals surface area contributed by atoms with Crippen LogP contribution in [0, 0.1) is 11.8 Å². The van der Waals surface area contributed by atoms with Crippen LogP contribution in [0.3, 0.4) is 0 Å². The Morgan fingerprint density at radius 1 is 1.17 bits per heavy atom. The van der Waals surface area contributed by atoms with Crippen molar-refractivity contribution in [2.24, 2.45) is 17.6 Å². The van der Waals surface area contributed by atoms with Crippen LogP contribution < -0.4 is 11.1 Å². The van der Waals surface area contributed by atoms with Crippen molar-refractivity contribution in [1.82, 2.24) is 4.90 Å². The van der Waals surface area contributed by atoms with Crippen LogP contribution in [0.4, 0.5) is 5.69 Å². The van der Waals surface area contributed by atoms with E-state index in [-0.39, 0.29) is 24.4 Å². The van der Waals surface area contributed by atoms with E-state index < -0.39 is 0 Å². The van der Waals surface area contributed by atoms with E-state index in [9.17, 15) is 4.79 Å². The summed E-state index contributed by atoms with van der Waals surface area (Å²) in [4.78, 5) is 14.5. The van der Waals surface area contributed by atoms with E-state index >= 15 is 0 Å². The smallest absolute Gasteiger partial charge is 0.238 e. The van der Waals surface area contributed by atoms with Gasteiger partial charge in [0, 0.05) is 19.1 Å². The molecule has 0 aromatic heterocycles. The second-order valence-corrected chi connectivity index (χ2v) is 7.73. The molecule has 3 rings (SSSR count). The number of likely N-dealkylation sites (tertiary alicyclic amines) is 1. The lowest BCUT2D eigenvalue weighted by Crippen LogP contribution is -2.38. The molecule has 1 saturated carbocycles. The molecule has 0 radical (unpaired) electrons. The fourth-order valence-corrected chi connectivity index (χ4v) is 4.34. The predicted molar refractivity (Wildman–Crippen MR) is 103 cm³/mol. The van der Waals surface area contributed by atoms with Crippen LogP contribution in [0.2, 0.25) is 15.1 Å². The van der Waals surface area contributed by atoms with Crippen molar-refractivity contribution in [1.29, 1.82) is 0 Å². The molecule has 1 heterocycles. The first-order valence-electron chi connectivity index (χ1n) is 7.86. The van der Waals surface area contributed by atoms with Gasteiger partial charge in [-0.1, -0.05) is 41.2 Å². The number of amides is 1. The summed E-state index contributed by atoms with van der Waals surface area (Å²) >= 11 is 18.0. The van der Waals surface area contributed by atoms with E-state index in [4.69, 9.17) is 40.5 Å². The number of carbonyl (C=O) groups is 1. The topological polar surface area (TPSA) is 58.4 Å². The zero-order valence-corrected chi connectivity index (χ0v) is 16.2. The molecule has 2 aliphatic rings. The molecule has 24 heavy (non-hydrogen) atoms. The molecule has 1 saturated heterocycles. The largest absolute Gasteiger partial charge is 0.327 e. The number of rotatable bonds is 3. The van der Waals surface area contributed by atoms with E-state index in [2.05, 4.69) is 10.2 Å². The van der Waals surface area contributed by atoms with E-state index in [1.807, 2.05) is 0 Å². The standard InChI is InChI=1S/C16H20Cl3N3O.ClH/c17-11-4-13(19)15(5-12(11)18)21-16(23)8-22-6-9-2-1-3-14(20)10(9)7-22;/h4-5,9-10,14H,1-3,6-8,20H2,(H,21,23);1H. The molecular weight excluding hydrogens is 392 g/mol. The van der Waals surface area contributed by atoms with Gasteiger partial charge in [0.05, 0.1) is 27.3 Å². The maximum absolute atomic E-state index is 12.3. The number of carbonyl (C=O) groups excluding carboxylic acids is 1. The van der Waals surface area contributed by atoms with Gasteiger partial charge < -0.3 is 11.1 Å². The monoisotopic (exact) mass is 411 g/mol. The number of benzene rings is 1. The van der Waals surface area contributed by atoms with Crippen molar-refractivity contribution in [2.75, 3.05) is 25.0 Å². The lowest BCUT2D eigenvalue weighted by atomic mass is 9.78. The molecule has 4 nitrogen and oxygen atoms in total. The maximum atomic E-state index is 12.3. The summed E-state index contributed by atoms with van der Waals surface area (Å²) in [6.07, 6.45) is 3.51. The van der Waals surface area contributed by atoms with Crippen LogP contribution in [0.1, 0.15) is 19.3 Å². The third kappa shape index (κ3) is 4.48. The molecule has 8 heteroatoms. The number of nitrogens with two attached hydrogens (primary N) is 1. The van der Waals surface area contributed by atoms with Crippen LogP contribution in [-0.2, 0) is 4.79 Å². The molecular formula is C16H21Cl4N3O.